The summed E-state index contributed by atoms with van der Waals surface area (Å²) in [5, 5.41) is 19.2. The van der Waals surface area contributed by atoms with Gasteiger partial charge in [0.2, 0.25) is 0 Å². The number of aromatic nitrogens is 1. The molecule has 0 aliphatic heterocycles. The summed E-state index contributed by atoms with van der Waals surface area (Å²) in [7, 11) is 0. The van der Waals surface area contributed by atoms with Crippen molar-refractivity contribution in [1.29, 1.82) is 5.26 Å². The molecular formula is C11H10N2O. The van der Waals surface area contributed by atoms with Gasteiger partial charge in [0.05, 0.1) is 17.7 Å². The molecule has 1 heterocycles. The van der Waals surface area contributed by atoms with Crippen molar-refractivity contribution < 1.29 is 5.11 Å². The Bertz CT molecular complexity index is 505. The van der Waals surface area contributed by atoms with E-state index in [1.807, 2.05) is 12.1 Å². The third-order valence-electron chi connectivity index (χ3n) is 2.31. The zero-order chi connectivity index (χ0) is 10.1. The van der Waals surface area contributed by atoms with Crippen LogP contribution in [0.1, 0.15) is 24.2 Å². The lowest BCUT2D eigenvalue weighted by Gasteiger charge is -2.02. The molecule has 0 aliphatic carbocycles. The van der Waals surface area contributed by atoms with Crippen molar-refractivity contribution in [3.63, 3.8) is 0 Å². The largest absolute Gasteiger partial charge is 0.389 e. The van der Waals surface area contributed by atoms with Gasteiger partial charge in [-0.2, -0.15) is 5.26 Å². The maximum atomic E-state index is 9.50. The number of nitrogens with one attached hydrogen (secondary N) is 1. The Labute approximate surface area is 81.6 Å². The van der Waals surface area contributed by atoms with E-state index >= 15 is 0 Å². The smallest absolute Gasteiger partial charge is 0.0998 e. The second kappa shape index (κ2) is 3.17. The highest BCUT2D eigenvalue weighted by Gasteiger charge is 2.11. The molecule has 0 spiro atoms. The van der Waals surface area contributed by atoms with E-state index < -0.39 is 6.10 Å². The molecular weight excluding hydrogens is 176 g/mol. The average molecular weight is 186 g/mol. The number of aliphatic hydroxyl groups is 1. The van der Waals surface area contributed by atoms with Crippen LogP contribution >= 0.6 is 0 Å². The Morgan fingerprint density at radius 3 is 2.93 bits per heavy atom. The lowest BCUT2D eigenvalue weighted by molar-refractivity contribution is 0.201. The van der Waals surface area contributed by atoms with Gasteiger partial charge in [0.15, 0.2) is 0 Å². The van der Waals surface area contributed by atoms with Crippen LogP contribution in [-0.2, 0) is 0 Å². The van der Waals surface area contributed by atoms with Gasteiger partial charge in [-0.05, 0) is 19.1 Å². The Kier molecular flexibility index (Phi) is 1.99. The summed E-state index contributed by atoms with van der Waals surface area (Å²) in [6.45, 7) is 1.69. The lowest BCUT2D eigenvalue weighted by atomic mass is 10.0. The zero-order valence-electron chi connectivity index (χ0n) is 7.78. The predicted octanol–water partition coefficient (Wildman–Crippen LogP) is 2.09. The average Bonchev–Trinajstić information content (AvgIpc) is 2.60. The number of nitrogens with zero attached hydrogens (tertiary/aromatic N) is 1. The normalized spacial score (nSPS) is 12.6. The number of benzene rings is 1. The van der Waals surface area contributed by atoms with Crippen LogP contribution in [0.3, 0.4) is 0 Å². The van der Waals surface area contributed by atoms with Gasteiger partial charge in [0.25, 0.3) is 0 Å². The fraction of sp³-hybridized carbons (Fsp3) is 0.182. The van der Waals surface area contributed by atoms with Gasteiger partial charge in [-0.1, -0.05) is 6.07 Å². The molecule has 1 aromatic carbocycles. The molecule has 0 radical (unpaired) electrons. The summed E-state index contributed by atoms with van der Waals surface area (Å²) in [5.41, 5.74) is 2.26. The Morgan fingerprint density at radius 1 is 1.50 bits per heavy atom. The predicted molar refractivity (Wildman–Crippen MR) is 53.6 cm³/mol. The fourth-order valence-corrected chi connectivity index (χ4v) is 1.63. The number of hydrogen-bond acceptors (Lipinski definition) is 2. The van der Waals surface area contributed by atoms with Gasteiger partial charge in [0, 0.05) is 22.7 Å². The van der Waals surface area contributed by atoms with Crippen molar-refractivity contribution in [3.8, 4) is 6.07 Å². The fourth-order valence-electron chi connectivity index (χ4n) is 1.63. The number of nitriles is 1. The minimum Gasteiger partial charge on any atom is -0.389 e. The molecule has 1 aromatic heterocycles. The standard InChI is InChI=1S/C11H10N2O/c1-7(14)9-6-13-10-4-2-3-8(5-12)11(9)10/h2-4,6-7,13-14H,1H3/t7-/m1/s1. The molecule has 0 amide bonds. The minimum atomic E-state index is -0.557. The van der Waals surface area contributed by atoms with Crippen LogP contribution in [-0.4, -0.2) is 10.1 Å². The molecule has 0 aliphatic rings. The van der Waals surface area contributed by atoms with Crippen LogP contribution < -0.4 is 0 Å². The first-order valence-corrected chi connectivity index (χ1v) is 4.42. The third-order valence-corrected chi connectivity index (χ3v) is 2.31. The molecule has 14 heavy (non-hydrogen) atoms. The molecule has 0 bridgehead atoms. The summed E-state index contributed by atoms with van der Waals surface area (Å²) in [5.74, 6) is 0. The number of rotatable bonds is 1. The summed E-state index contributed by atoms with van der Waals surface area (Å²) in [4.78, 5) is 3.03. The van der Waals surface area contributed by atoms with Gasteiger partial charge in [-0.15, -0.1) is 0 Å². The summed E-state index contributed by atoms with van der Waals surface area (Å²) in [6.07, 6.45) is 1.19. The summed E-state index contributed by atoms with van der Waals surface area (Å²) in [6, 6.07) is 7.59. The summed E-state index contributed by atoms with van der Waals surface area (Å²) >= 11 is 0. The Hall–Kier alpha value is -1.79. The first-order valence-electron chi connectivity index (χ1n) is 4.42. The van der Waals surface area contributed by atoms with E-state index in [4.69, 9.17) is 5.26 Å². The highest BCUT2D eigenvalue weighted by atomic mass is 16.3. The molecule has 2 rings (SSSR count). The van der Waals surface area contributed by atoms with E-state index in [2.05, 4.69) is 11.1 Å². The highest BCUT2D eigenvalue weighted by molar-refractivity contribution is 5.89. The number of aromatic amines is 1. The second-order valence-electron chi connectivity index (χ2n) is 3.26. The van der Waals surface area contributed by atoms with E-state index in [0.717, 1.165) is 16.5 Å². The Balaban J connectivity index is 2.83. The molecule has 3 heteroatoms. The molecule has 2 N–H and O–H groups in total. The van der Waals surface area contributed by atoms with Gasteiger partial charge in [-0.3, -0.25) is 0 Å². The molecule has 0 unspecified atom stereocenters. The van der Waals surface area contributed by atoms with Crippen molar-refractivity contribution in [2.45, 2.75) is 13.0 Å². The second-order valence-corrected chi connectivity index (χ2v) is 3.26. The minimum absolute atomic E-state index is 0.557. The van der Waals surface area contributed by atoms with Crippen molar-refractivity contribution >= 4 is 10.9 Å². The maximum Gasteiger partial charge on any atom is 0.0998 e. The van der Waals surface area contributed by atoms with E-state index in [1.54, 1.807) is 19.2 Å². The van der Waals surface area contributed by atoms with E-state index in [-0.39, 0.29) is 0 Å². The van der Waals surface area contributed by atoms with Gasteiger partial charge >= 0.3 is 0 Å². The van der Waals surface area contributed by atoms with E-state index in [0.29, 0.717) is 5.56 Å². The van der Waals surface area contributed by atoms with Crippen LogP contribution in [0.4, 0.5) is 0 Å². The highest BCUT2D eigenvalue weighted by Crippen LogP contribution is 2.26. The Morgan fingerprint density at radius 2 is 2.29 bits per heavy atom. The monoisotopic (exact) mass is 186 g/mol. The molecule has 3 nitrogen and oxygen atoms in total. The van der Waals surface area contributed by atoms with Gasteiger partial charge in [-0.25, -0.2) is 0 Å². The molecule has 0 saturated heterocycles. The van der Waals surface area contributed by atoms with Crippen LogP contribution in [0.25, 0.3) is 10.9 Å². The quantitative estimate of drug-likeness (QED) is 0.716. The van der Waals surface area contributed by atoms with Crippen LogP contribution in [0.2, 0.25) is 0 Å². The summed E-state index contributed by atoms with van der Waals surface area (Å²) < 4.78 is 0. The molecule has 2 aromatic rings. The van der Waals surface area contributed by atoms with Crippen LogP contribution in [0, 0.1) is 11.3 Å². The number of hydrogen-bond donors (Lipinski definition) is 2. The number of H-pyrrole nitrogens is 1. The van der Waals surface area contributed by atoms with Crippen LogP contribution in [0.5, 0.6) is 0 Å². The zero-order valence-corrected chi connectivity index (χ0v) is 7.78. The molecule has 0 fully saturated rings. The molecule has 70 valence electrons. The molecule has 0 saturated carbocycles. The van der Waals surface area contributed by atoms with E-state index in [9.17, 15) is 5.11 Å². The van der Waals surface area contributed by atoms with Gasteiger partial charge in [0.1, 0.15) is 0 Å². The van der Waals surface area contributed by atoms with Crippen molar-refractivity contribution in [2.24, 2.45) is 0 Å². The van der Waals surface area contributed by atoms with E-state index in [1.165, 1.54) is 0 Å². The van der Waals surface area contributed by atoms with Gasteiger partial charge < -0.3 is 10.1 Å². The number of aliphatic hydroxyl groups excluding tert-OH is 1. The van der Waals surface area contributed by atoms with Crippen molar-refractivity contribution in [1.82, 2.24) is 4.98 Å². The first-order chi connectivity index (χ1) is 6.74. The van der Waals surface area contributed by atoms with Crippen molar-refractivity contribution in [3.05, 3.63) is 35.5 Å². The third kappa shape index (κ3) is 1.17. The van der Waals surface area contributed by atoms with Crippen LogP contribution in [0.15, 0.2) is 24.4 Å². The molecule has 1 atom stereocenters. The van der Waals surface area contributed by atoms with Crippen molar-refractivity contribution in [2.75, 3.05) is 0 Å². The lowest BCUT2D eigenvalue weighted by Crippen LogP contribution is -1.89. The SMILES string of the molecule is C[C@@H](O)c1c[nH]c2cccc(C#N)c12. The number of fused-ring (bicyclic) bond motifs is 1. The topological polar surface area (TPSA) is 59.8 Å². The maximum absolute atomic E-state index is 9.50. The first kappa shape index (κ1) is 8.79.